The van der Waals surface area contributed by atoms with E-state index in [1.807, 2.05) is 0 Å². The average molecular weight is 467 g/mol. The van der Waals surface area contributed by atoms with Crippen LogP contribution in [-0.4, -0.2) is 26.4 Å². The molecule has 8 nitrogen and oxygen atoms in total. The summed E-state index contributed by atoms with van der Waals surface area (Å²) in [5.41, 5.74) is 0.785. The Morgan fingerprint density at radius 2 is 1.90 bits per heavy atom. The van der Waals surface area contributed by atoms with Crippen LogP contribution < -0.4 is 4.72 Å². The number of rotatable bonds is 6. The van der Waals surface area contributed by atoms with Gasteiger partial charge >= 0.3 is 5.97 Å². The van der Waals surface area contributed by atoms with Crippen molar-refractivity contribution >= 4 is 49.6 Å². The summed E-state index contributed by atoms with van der Waals surface area (Å²) in [4.78, 5) is 23.2. The molecule has 30 heavy (non-hydrogen) atoms. The first-order valence-corrected chi connectivity index (χ1v) is 11.1. The van der Waals surface area contributed by atoms with Gasteiger partial charge in [0.25, 0.3) is 15.7 Å². The van der Waals surface area contributed by atoms with Crippen LogP contribution in [0, 0.1) is 17.0 Å². The highest BCUT2D eigenvalue weighted by Gasteiger charge is 2.28. The van der Waals surface area contributed by atoms with E-state index in [2.05, 4.69) is 4.72 Å². The van der Waals surface area contributed by atoms with Gasteiger partial charge in [-0.3, -0.25) is 14.8 Å². The number of nitrogens with zero attached hydrogens (tertiary/aromatic N) is 1. The van der Waals surface area contributed by atoms with Gasteiger partial charge in [0.1, 0.15) is 10.6 Å². The van der Waals surface area contributed by atoms with Crippen LogP contribution in [0.4, 0.5) is 10.7 Å². The molecule has 1 aromatic heterocycles. The molecule has 0 atom stereocenters. The predicted molar refractivity (Wildman–Crippen MR) is 115 cm³/mol. The van der Waals surface area contributed by atoms with E-state index in [9.17, 15) is 23.3 Å². The standard InChI is InChI=1S/C19H15ClN2O6S2/c1-11-16(12-5-3-6-13(20)9-12)17(19(23)28-2)18(29-11)21-30(26,27)15-8-4-7-14(10-15)22(24)25/h3-10,21H,1-2H3. The molecule has 156 valence electrons. The number of nitro groups is 1. The van der Waals surface area contributed by atoms with Gasteiger partial charge in [0.05, 0.1) is 16.9 Å². The zero-order valence-corrected chi connectivity index (χ0v) is 18.1. The topological polar surface area (TPSA) is 116 Å². The molecule has 0 unspecified atom stereocenters. The lowest BCUT2D eigenvalue weighted by atomic mass is 10.0. The molecule has 0 saturated carbocycles. The van der Waals surface area contributed by atoms with Gasteiger partial charge in [0.2, 0.25) is 0 Å². The van der Waals surface area contributed by atoms with Crippen LogP contribution in [0.2, 0.25) is 5.02 Å². The fourth-order valence-electron chi connectivity index (χ4n) is 2.85. The molecular formula is C19H15ClN2O6S2. The summed E-state index contributed by atoms with van der Waals surface area (Å²) in [6.45, 7) is 1.73. The van der Waals surface area contributed by atoms with Gasteiger partial charge in [-0.1, -0.05) is 29.8 Å². The molecule has 11 heteroatoms. The maximum atomic E-state index is 12.9. The van der Waals surface area contributed by atoms with Crippen LogP contribution >= 0.6 is 22.9 Å². The van der Waals surface area contributed by atoms with E-state index in [1.165, 1.54) is 25.3 Å². The first-order valence-electron chi connectivity index (χ1n) is 8.39. The molecule has 0 spiro atoms. The molecule has 1 heterocycles. The van der Waals surface area contributed by atoms with Crippen LogP contribution in [-0.2, 0) is 14.8 Å². The number of benzene rings is 2. The van der Waals surface area contributed by atoms with Crippen molar-refractivity contribution in [3.63, 3.8) is 0 Å². The van der Waals surface area contributed by atoms with Crippen molar-refractivity contribution in [2.45, 2.75) is 11.8 Å². The Morgan fingerprint density at radius 1 is 1.20 bits per heavy atom. The third kappa shape index (κ3) is 4.30. The lowest BCUT2D eigenvalue weighted by molar-refractivity contribution is -0.385. The van der Waals surface area contributed by atoms with Gasteiger partial charge in [0.15, 0.2) is 0 Å². The molecule has 0 amide bonds. The normalized spacial score (nSPS) is 11.2. The molecular weight excluding hydrogens is 452 g/mol. The predicted octanol–water partition coefficient (Wildman–Crippen LogP) is 4.87. The van der Waals surface area contributed by atoms with Crippen molar-refractivity contribution in [3.05, 3.63) is 74.1 Å². The number of hydrogen-bond acceptors (Lipinski definition) is 7. The summed E-state index contributed by atoms with van der Waals surface area (Å²) in [6, 6.07) is 11.4. The third-order valence-corrected chi connectivity index (χ3v) is 6.89. The summed E-state index contributed by atoms with van der Waals surface area (Å²) in [6.07, 6.45) is 0. The Labute approximate surface area is 181 Å². The number of nitrogens with one attached hydrogen (secondary N) is 1. The zero-order chi connectivity index (χ0) is 22.1. The van der Waals surface area contributed by atoms with E-state index in [0.29, 0.717) is 21.0 Å². The molecule has 0 fully saturated rings. The number of aryl methyl sites for hydroxylation is 1. The first kappa shape index (κ1) is 21.8. The van der Waals surface area contributed by atoms with E-state index in [1.54, 1.807) is 31.2 Å². The van der Waals surface area contributed by atoms with Gasteiger partial charge in [-0.05, 0) is 30.7 Å². The van der Waals surface area contributed by atoms with Crippen molar-refractivity contribution in [1.29, 1.82) is 0 Å². The van der Waals surface area contributed by atoms with E-state index in [0.717, 1.165) is 17.4 Å². The smallest absolute Gasteiger partial charge is 0.341 e. The Bertz CT molecular complexity index is 1250. The zero-order valence-electron chi connectivity index (χ0n) is 15.7. The van der Waals surface area contributed by atoms with E-state index < -0.39 is 20.9 Å². The molecule has 3 rings (SSSR count). The third-order valence-electron chi connectivity index (χ3n) is 4.15. The summed E-state index contributed by atoms with van der Waals surface area (Å²) < 4.78 is 32.9. The molecule has 0 aliphatic carbocycles. The van der Waals surface area contributed by atoms with Crippen LogP contribution in [0.15, 0.2) is 53.4 Å². The summed E-state index contributed by atoms with van der Waals surface area (Å²) in [5, 5.41) is 11.5. The van der Waals surface area contributed by atoms with E-state index in [4.69, 9.17) is 16.3 Å². The van der Waals surface area contributed by atoms with Crippen LogP contribution in [0.5, 0.6) is 0 Å². The number of esters is 1. The summed E-state index contributed by atoms with van der Waals surface area (Å²) >= 11 is 7.12. The highest BCUT2D eigenvalue weighted by molar-refractivity contribution is 7.93. The lowest BCUT2D eigenvalue weighted by Crippen LogP contribution is -2.15. The molecule has 0 bridgehead atoms. The Balaban J connectivity index is 2.13. The Hall–Kier alpha value is -2.95. The monoisotopic (exact) mass is 466 g/mol. The molecule has 0 aliphatic rings. The largest absolute Gasteiger partial charge is 0.465 e. The average Bonchev–Trinajstić information content (AvgIpc) is 3.02. The fraction of sp³-hybridized carbons (Fsp3) is 0.105. The van der Waals surface area contributed by atoms with Crippen molar-refractivity contribution in [2.75, 3.05) is 11.8 Å². The molecule has 2 aromatic carbocycles. The number of non-ortho nitro benzene ring substituents is 1. The number of thiophene rings is 1. The van der Waals surface area contributed by atoms with E-state index >= 15 is 0 Å². The number of carbonyl (C=O) groups excluding carboxylic acids is 1. The van der Waals surface area contributed by atoms with Crippen molar-refractivity contribution in [1.82, 2.24) is 0 Å². The number of anilines is 1. The van der Waals surface area contributed by atoms with Crippen LogP contribution in [0.25, 0.3) is 11.1 Å². The second kappa shape index (κ2) is 8.42. The first-order chi connectivity index (χ1) is 14.1. The number of carbonyl (C=O) groups is 1. The van der Waals surface area contributed by atoms with Gasteiger partial charge in [-0.25, -0.2) is 13.2 Å². The highest BCUT2D eigenvalue weighted by atomic mass is 35.5. The summed E-state index contributed by atoms with van der Waals surface area (Å²) in [7, 11) is -3.01. The quantitative estimate of drug-likeness (QED) is 0.314. The van der Waals surface area contributed by atoms with Crippen LogP contribution in [0.3, 0.4) is 0 Å². The number of hydrogen-bond donors (Lipinski definition) is 1. The maximum absolute atomic E-state index is 12.9. The number of ether oxygens (including phenoxy) is 1. The molecule has 1 N–H and O–H groups in total. The molecule has 0 saturated heterocycles. The van der Waals surface area contributed by atoms with Crippen LogP contribution in [0.1, 0.15) is 15.2 Å². The number of halogens is 1. The second-order valence-corrected chi connectivity index (χ2v) is 9.44. The molecule has 0 aliphatic heterocycles. The fourth-order valence-corrected chi connectivity index (χ4v) is 5.45. The minimum atomic E-state index is -4.21. The Kier molecular flexibility index (Phi) is 6.11. The lowest BCUT2D eigenvalue weighted by Gasteiger charge is -2.10. The number of nitro benzene ring substituents is 1. The van der Waals surface area contributed by atoms with Crippen molar-refractivity contribution in [2.24, 2.45) is 0 Å². The van der Waals surface area contributed by atoms with Gasteiger partial charge < -0.3 is 4.74 Å². The van der Waals surface area contributed by atoms with Crippen molar-refractivity contribution < 1.29 is 22.9 Å². The Morgan fingerprint density at radius 3 is 2.53 bits per heavy atom. The van der Waals surface area contributed by atoms with Gasteiger partial charge in [0, 0.05) is 27.6 Å². The minimum absolute atomic E-state index is 0.0382. The van der Waals surface area contributed by atoms with Gasteiger partial charge in [-0.2, -0.15) is 0 Å². The van der Waals surface area contributed by atoms with Crippen molar-refractivity contribution in [3.8, 4) is 11.1 Å². The summed E-state index contributed by atoms with van der Waals surface area (Å²) in [5.74, 6) is -0.730. The van der Waals surface area contributed by atoms with Gasteiger partial charge in [-0.15, -0.1) is 11.3 Å². The molecule has 3 aromatic rings. The molecule has 0 radical (unpaired) electrons. The maximum Gasteiger partial charge on any atom is 0.341 e. The number of methoxy groups -OCH3 is 1. The van der Waals surface area contributed by atoms with E-state index in [-0.39, 0.29) is 21.1 Å². The second-order valence-electron chi connectivity index (χ2n) is 6.10. The SMILES string of the molecule is COC(=O)c1c(NS(=O)(=O)c2cccc([N+](=O)[O-])c2)sc(C)c1-c1cccc(Cl)c1. The minimum Gasteiger partial charge on any atom is -0.465 e. The number of sulfonamides is 1. The highest BCUT2D eigenvalue weighted by Crippen LogP contribution is 2.41.